The molecule has 1 aromatic carbocycles. The molecule has 0 bridgehead atoms. The van der Waals surface area contributed by atoms with Gasteiger partial charge in [0.05, 0.1) is 6.07 Å². The van der Waals surface area contributed by atoms with Crippen molar-refractivity contribution in [3.05, 3.63) is 35.9 Å². The van der Waals surface area contributed by atoms with Gasteiger partial charge in [-0.1, -0.05) is 30.3 Å². The summed E-state index contributed by atoms with van der Waals surface area (Å²) in [5, 5.41) is 8.57. The molecule has 0 radical (unpaired) electrons. The summed E-state index contributed by atoms with van der Waals surface area (Å²) in [6.45, 7) is 1.10. The third-order valence-electron chi connectivity index (χ3n) is 3.13. The predicted octanol–water partition coefficient (Wildman–Crippen LogP) is 0.580. The first-order chi connectivity index (χ1) is 10.0. The van der Waals surface area contributed by atoms with Crippen LogP contribution in [0.4, 0.5) is 0 Å². The molecule has 0 aliphatic carbocycles. The van der Waals surface area contributed by atoms with Crippen molar-refractivity contribution in [1.82, 2.24) is 8.61 Å². The molecule has 6 nitrogen and oxygen atoms in total. The Kier molecular flexibility index (Phi) is 7.32. The Morgan fingerprint density at radius 3 is 2.43 bits per heavy atom. The monoisotopic (exact) mass is 310 g/mol. The Bertz CT molecular complexity index is 554. The van der Waals surface area contributed by atoms with Crippen molar-refractivity contribution in [1.29, 1.82) is 5.26 Å². The maximum absolute atomic E-state index is 12.4. The van der Waals surface area contributed by atoms with Crippen LogP contribution in [0.15, 0.2) is 30.3 Å². The number of nitrogens with two attached hydrogens (primary N) is 1. The molecule has 0 atom stereocenters. The van der Waals surface area contributed by atoms with Gasteiger partial charge in [0.15, 0.2) is 0 Å². The van der Waals surface area contributed by atoms with Crippen LogP contribution in [0, 0.1) is 11.3 Å². The molecule has 1 rings (SSSR count). The molecule has 1 aromatic rings. The van der Waals surface area contributed by atoms with Crippen LogP contribution in [-0.4, -0.2) is 50.3 Å². The molecular weight excluding hydrogens is 288 g/mol. The standard InChI is InChI=1S/C14H22N4O2S/c1-17(11-5-9-15)21(19,20)18(13-10-16)12-8-14-6-3-2-4-7-14/h2-4,6-7H,5,8,10-13,16H2,1H3. The zero-order valence-corrected chi connectivity index (χ0v) is 13.1. The number of nitriles is 1. The lowest BCUT2D eigenvalue weighted by molar-refractivity contribution is 0.367. The van der Waals surface area contributed by atoms with Crippen molar-refractivity contribution >= 4 is 10.2 Å². The van der Waals surface area contributed by atoms with Gasteiger partial charge in [-0.25, -0.2) is 0 Å². The van der Waals surface area contributed by atoms with Crippen LogP contribution in [0.3, 0.4) is 0 Å². The molecular formula is C14H22N4O2S. The molecule has 0 saturated heterocycles. The maximum atomic E-state index is 12.4. The zero-order chi connectivity index (χ0) is 15.7. The van der Waals surface area contributed by atoms with E-state index in [1.165, 1.54) is 15.7 Å². The molecule has 0 saturated carbocycles. The van der Waals surface area contributed by atoms with Gasteiger partial charge in [0.25, 0.3) is 10.2 Å². The van der Waals surface area contributed by atoms with Crippen molar-refractivity contribution in [2.45, 2.75) is 12.8 Å². The van der Waals surface area contributed by atoms with Crippen molar-refractivity contribution in [3.8, 4) is 6.07 Å². The van der Waals surface area contributed by atoms with Gasteiger partial charge < -0.3 is 5.73 Å². The minimum Gasteiger partial charge on any atom is -0.329 e. The normalized spacial score (nSPS) is 11.8. The molecule has 0 fully saturated rings. The fraction of sp³-hybridized carbons (Fsp3) is 0.500. The molecule has 0 amide bonds. The Morgan fingerprint density at radius 1 is 1.19 bits per heavy atom. The van der Waals surface area contributed by atoms with Crippen LogP contribution >= 0.6 is 0 Å². The van der Waals surface area contributed by atoms with E-state index in [4.69, 9.17) is 11.0 Å². The summed E-state index contributed by atoms with van der Waals surface area (Å²) in [6, 6.07) is 11.7. The van der Waals surface area contributed by atoms with Crippen LogP contribution < -0.4 is 5.73 Å². The lowest BCUT2D eigenvalue weighted by atomic mass is 10.1. The minimum absolute atomic E-state index is 0.172. The van der Waals surface area contributed by atoms with E-state index in [-0.39, 0.29) is 26.1 Å². The van der Waals surface area contributed by atoms with E-state index in [1.54, 1.807) is 0 Å². The first kappa shape index (κ1) is 17.6. The summed E-state index contributed by atoms with van der Waals surface area (Å²) in [5.74, 6) is 0. The minimum atomic E-state index is -3.57. The average Bonchev–Trinajstić information content (AvgIpc) is 2.49. The second-order valence-electron chi connectivity index (χ2n) is 4.66. The van der Waals surface area contributed by atoms with Gasteiger partial charge in [-0.15, -0.1) is 0 Å². The van der Waals surface area contributed by atoms with E-state index >= 15 is 0 Å². The Balaban J connectivity index is 2.73. The summed E-state index contributed by atoms with van der Waals surface area (Å²) >= 11 is 0. The Hall–Kier alpha value is -1.46. The van der Waals surface area contributed by atoms with Crippen LogP contribution in [0.2, 0.25) is 0 Å². The third kappa shape index (κ3) is 5.44. The van der Waals surface area contributed by atoms with Gasteiger partial charge in [-0.3, -0.25) is 0 Å². The highest BCUT2D eigenvalue weighted by molar-refractivity contribution is 7.86. The van der Waals surface area contributed by atoms with E-state index in [0.29, 0.717) is 13.0 Å². The predicted molar refractivity (Wildman–Crippen MR) is 82.6 cm³/mol. The molecule has 2 N–H and O–H groups in total. The molecule has 0 aromatic heterocycles. The summed E-state index contributed by atoms with van der Waals surface area (Å²) < 4.78 is 27.4. The van der Waals surface area contributed by atoms with Gasteiger partial charge in [-0.2, -0.15) is 22.3 Å². The number of nitrogens with zero attached hydrogens (tertiary/aromatic N) is 3. The van der Waals surface area contributed by atoms with Crippen molar-refractivity contribution in [2.75, 3.05) is 33.2 Å². The summed E-state index contributed by atoms with van der Waals surface area (Å²) in [6.07, 6.45) is 0.803. The van der Waals surface area contributed by atoms with Crippen LogP contribution in [0.5, 0.6) is 0 Å². The molecule has 21 heavy (non-hydrogen) atoms. The van der Waals surface area contributed by atoms with Gasteiger partial charge in [-0.05, 0) is 12.0 Å². The molecule has 0 aliphatic rings. The van der Waals surface area contributed by atoms with Gasteiger partial charge in [0.1, 0.15) is 0 Å². The number of rotatable bonds is 9. The lowest BCUT2D eigenvalue weighted by Gasteiger charge is -2.26. The molecule has 0 unspecified atom stereocenters. The van der Waals surface area contributed by atoms with Gasteiger partial charge in [0.2, 0.25) is 0 Å². The number of hydrogen-bond donors (Lipinski definition) is 1. The van der Waals surface area contributed by atoms with Crippen LogP contribution in [0.25, 0.3) is 0 Å². The quantitative estimate of drug-likeness (QED) is 0.722. The fourth-order valence-corrected chi connectivity index (χ4v) is 3.28. The zero-order valence-electron chi connectivity index (χ0n) is 12.3. The van der Waals surface area contributed by atoms with Crippen molar-refractivity contribution in [3.63, 3.8) is 0 Å². The molecule has 0 heterocycles. The molecule has 0 aliphatic heterocycles. The average molecular weight is 310 g/mol. The maximum Gasteiger partial charge on any atom is 0.281 e. The molecule has 7 heteroatoms. The highest BCUT2D eigenvalue weighted by atomic mass is 32.2. The first-order valence-electron chi connectivity index (χ1n) is 6.84. The second kappa shape index (κ2) is 8.74. The smallest absolute Gasteiger partial charge is 0.281 e. The van der Waals surface area contributed by atoms with Crippen molar-refractivity contribution < 1.29 is 8.42 Å². The van der Waals surface area contributed by atoms with E-state index in [2.05, 4.69) is 0 Å². The summed E-state index contributed by atoms with van der Waals surface area (Å²) in [5.41, 5.74) is 6.60. The summed E-state index contributed by atoms with van der Waals surface area (Å²) in [7, 11) is -2.09. The third-order valence-corrected chi connectivity index (χ3v) is 5.12. The summed E-state index contributed by atoms with van der Waals surface area (Å²) in [4.78, 5) is 0. The SMILES string of the molecule is CN(CCC#N)S(=O)(=O)N(CCN)CCc1ccccc1. The van der Waals surface area contributed by atoms with E-state index < -0.39 is 10.2 Å². The van der Waals surface area contributed by atoms with Gasteiger partial charge >= 0.3 is 0 Å². The van der Waals surface area contributed by atoms with Crippen LogP contribution in [0.1, 0.15) is 12.0 Å². The van der Waals surface area contributed by atoms with E-state index in [1.807, 2.05) is 36.4 Å². The topological polar surface area (TPSA) is 90.4 Å². The number of hydrogen-bond acceptors (Lipinski definition) is 4. The highest BCUT2D eigenvalue weighted by Crippen LogP contribution is 2.09. The Morgan fingerprint density at radius 2 is 1.86 bits per heavy atom. The highest BCUT2D eigenvalue weighted by Gasteiger charge is 2.25. The fourth-order valence-electron chi connectivity index (χ4n) is 1.90. The van der Waals surface area contributed by atoms with E-state index in [9.17, 15) is 8.42 Å². The molecule has 116 valence electrons. The van der Waals surface area contributed by atoms with Crippen LogP contribution in [-0.2, 0) is 16.6 Å². The van der Waals surface area contributed by atoms with E-state index in [0.717, 1.165) is 5.56 Å². The number of benzene rings is 1. The largest absolute Gasteiger partial charge is 0.329 e. The van der Waals surface area contributed by atoms with Crippen molar-refractivity contribution in [2.24, 2.45) is 5.73 Å². The second-order valence-corrected chi connectivity index (χ2v) is 6.70. The Labute approximate surface area is 126 Å². The van der Waals surface area contributed by atoms with Gasteiger partial charge in [0, 0.05) is 39.6 Å². The molecule has 0 spiro atoms. The first-order valence-corrected chi connectivity index (χ1v) is 8.24. The lowest BCUT2D eigenvalue weighted by Crippen LogP contribution is -2.45.